The van der Waals surface area contributed by atoms with Gasteiger partial charge in [-0.25, -0.2) is 0 Å². The Morgan fingerprint density at radius 1 is 0.362 bits per heavy atom. The fourth-order valence-corrected chi connectivity index (χ4v) is 7.72. The molecule has 0 unspecified atom stereocenters. The number of allylic oxidation sites excluding steroid dienone is 2. The fourth-order valence-electron chi connectivity index (χ4n) is 7.72. The summed E-state index contributed by atoms with van der Waals surface area (Å²) < 4.78 is 10.3. The predicted octanol–water partition coefficient (Wildman–Crippen LogP) is 18.7. The summed E-state index contributed by atoms with van der Waals surface area (Å²) in [5.41, 5.74) is 0. The van der Waals surface area contributed by atoms with Crippen LogP contribution in [0.1, 0.15) is 304 Å². The number of hydrogen-bond donors (Lipinski definition) is 0. The molecule has 0 saturated carbocycles. The molecule has 346 valence electrons. The standard InChI is InChI=1S/C34H68O2.C20H38O2/c1-4-5-6-7-8-9-10-11-12-13-16-19-22-25-28-31-34(35)36-32-29-26-23-20-17-14-15-18-21-24-27-30-33(2)3;1-3-5-6-7-8-9-10-11-12-13-14-15-16-17-18-19-20(21)22-4-2/h33H,4-32H2,1-3H3;11-12H,3-10,13-19H2,1-2H3/b;12-11-. The lowest BCUT2D eigenvalue weighted by molar-refractivity contribution is -0.144. The molecule has 0 heterocycles. The molecule has 0 atom stereocenters. The molecule has 0 aliphatic carbocycles. The molecule has 0 bridgehead atoms. The fraction of sp³-hybridized carbons (Fsp3) is 0.926. The summed E-state index contributed by atoms with van der Waals surface area (Å²) in [5.74, 6) is 0.852. The van der Waals surface area contributed by atoms with Gasteiger partial charge in [-0.05, 0) is 57.8 Å². The number of hydrogen-bond acceptors (Lipinski definition) is 4. The smallest absolute Gasteiger partial charge is 0.305 e. The van der Waals surface area contributed by atoms with Gasteiger partial charge in [0.25, 0.3) is 0 Å². The maximum Gasteiger partial charge on any atom is 0.305 e. The summed E-state index contributed by atoms with van der Waals surface area (Å²) in [6, 6.07) is 0. The van der Waals surface area contributed by atoms with Crippen molar-refractivity contribution in [2.45, 2.75) is 304 Å². The third-order valence-electron chi connectivity index (χ3n) is 11.6. The third-order valence-corrected chi connectivity index (χ3v) is 11.6. The van der Waals surface area contributed by atoms with Gasteiger partial charge >= 0.3 is 11.9 Å². The first kappa shape index (κ1) is 58.8. The maximum atomic E-state index is 11.9. The Hall–Kier alpha value is -1.32. The van der Waals surface area contributed by atoms with E-state index in [1.165, 1.54) is 231 Å². The molecular formula is C54H106O4. The van der Waals surface area contributed by atoms with Crippen LogP contribution in [0.3, 0.4) is 0 Å². The van der Waals surface area contributed by atoms with Gasteiger partial charge in [-0.2, -0.15) is 0 Å². The van der Waals surface area contributed by atoms with E-state index in [2.05, 4.69) is 39.8 Å². The zero-order valence-electron chi connectivity index (χ0n) is 40.5. The Labute approximate surface area is 365 Å². The van der Waals surface area contributed by atoms with Crippen LogP contribution in [0.4, 0.5) is 0 Å². The van der Waals surface area contributed by atoms with E-state index >= 15 is 0 Å². The minimum atomic E-state index is -0.0415. The van der Waals surface area contributed by atoms with E-state index in [0.717, 1.165) is 31.6 Å². The monoisotopic (exact) mass is 819 g/mol. The molecule has 58 heavy (non-hydrogen) atoms. The molecule has 4 heteroatoms. The van der Waals surface area contributed by atoms with Crippen LogP contribution in [0, 0.1) is 5.92 Å². The molecule has 0 rings (SSSR count). The molecule has 0 radical (unpaired) electrons. The van der Waals surface area contributed by atoms with Gasteiger partial charge in [0, 0.05) is 12.8 Å². The molecule has 0 aliphatic heterocycles. The lowest BCUT2D eigenvalue weighted by atomic mass is 10.0. The molecular weight excluding hydrogens is 713 g/mol. The van der Waals surface area contributed by atoms with Crippen molar-refractivity contribution < 1.29 is 19.1 Å². The van der Waals surface area contributed by atoms with Crippen molar-refractivity contribution in [2.75, 3.05) is 13.2 Å². The van der Waals surface area contributed by atoms with Crippen LogP contribution >= 0.6 is 0 Å². The zero-order chi connectivity index (χ0) is 42.7. The summed E-state index contributed by atoms with van der Waals surface area (Å²) in [7, 11) is 0. The molecule has 0 aromatic rings. The van der Waals surface area contributed by atoms with Crippen molar-refractivity contribution >= 4 is 11.9 Å². The first-order valence-electron chi connectivity index (χ1n) is 26.4. The first-order valence-corrected chi connectivity index (χ1v) is 26.4. The quantitative estimate of drug-likeness (QED) is 0.0349. The number of rotatable bonds is 46. The van der Waals surface area contributed by atoms with Crippen LogP contribution in [-0.4, -0.2) is 25.2 Å². The van der Waals surface area contributed by atoms with E-state index in [1.54, 1.807) is 0 Å². The highest BCUT2D eigenvalue weighted by molar-refractivity contribution is 5.69. The highest BCUT2D eigenvalue weighted by Gasteiger charge is 2.03. The van der Waals surface area contributed by atoms with Crippen molar-refractivity contribution in [1.29, 1.82) is 0 Å². The van der Waals surface area contributed by atoms with E-state index in [-0.39, 0.29) is 11.9 Å². The summed E-state index contributed by atoms with van der Waals surface area (Å²) >= 11 is 0. The lowest BCUT2D eigenvalue weighted by Crippen LogP contribution is -2.05. The number of unbranched alkanes of at least 4 members (excludes halogenated alkanes) is 35. The van der Waals surface area contributed by atoms with Crippen molar-refractivity contribution in [3.8, 4) is 0 Å². The second-order valence-corrected chi connectivity index (χ2v) is 18.1. The molecule has 0 saturated heterocycles. The summed E-state index contributed by atoms with van der Waals surface area (Å²) in [6.07, 6.45) is 59.2. The van der Waals surface area contributed by atoms with Gasteiger partial charge in [-0.3, -0.25) is 9.59 Å². The van der Waals surface area contributed by atoms with Crippen LogP contribution in [0.2, 0.25) is 0 Å². The average Bonchev–Trinajstić information content (AvgIpc) is 3.21. The highest BCUT2D eigenvalue weighted by atomic mass is 16.5. The van der Waals surface area contributed by atoms with Gasteiger partial charge in [0.1, 0.15) is 0 Å². The van der Waals surface area contributed by atoms with Gasteiger partial charge in [-0.1, -0.05) is 252 Å². The van der Waals surface area contributed by atoms with Gasteiger partial charge in [0.05, 0.1) is 13.2 Å². The number of carbonyl (C=O) groups is 2. The summed E-state index contributed by atoms with van der Waals surface area (Å²) in [4.78, 5) is 23.0. The Morgan fingerprint density at radius 2 is 0.655 bits per heavy atom. The van der Waals surface area contributed by atoms with E-state index < -0.39 is 0 Å². The number of esters is 2. The van der Waals surface area contributed by atoms with Crippen LogP contribution in [0.25, 0.3) is 0 Å². The van der Waals surface area contributed by atoms with E-state index in [0.29, 0.717) is 26.1 Å². The molecule has 0 spiro atoms. The van der Waals surface area contributed by atoms with Crippen LogP contribution in [0.15, 0.2) is 12.2 Å². The Balaban J connectivity index is 0. The SMILES string of the molecule is CCCCCCCC/C=C\CCCCCCCC(=O)OCC.CCCCCCCCCCCCCCCCCC(=O)OCCCCCCCCCCCCCC(C)C. The lowest BCUT2D eigenvalue weighted by Gasteiger charge is -2.06. The van der Waals surface area contributed by atoms with Crippen LogP contribution < -0.4 is 0 Å². The van der Waals surface area contributed by atoms with Gasteiger partial charge < -0.3 is 9.47 Å². The van der Waals surface area contributed by atoms with Crippen molar-refractivity contribution in [2.24, 2.45) is 5.92 Å². The number of ether oxygens (including phenoxy) is 2. The second-order valence-electron chi connectivity index (χ2n) is 18.1. The average molecular weight is 819 g/mol. The Kier molecular flexibility index (Phi) is 54.4. The molecule has 4 nitrogen and oxygen atoms in total. The Bertz CT molecular complexity index is 805. The van der Waals surface area contributed by atoms with Crippen molar-refractivity contribution in [1.82, 2.24) is 0 Å². The van der Waals surface area contributed by atoms with Crippen LogP contribution in [0.5, 0.6) is 0 Å². The molecule has 0 amide bonds. The van der Waals surface area contributed by atoms with Gasteiger partial charge in [0.15, 0.2) is 0 Å². The minimum Gasteiger partial charge on any atom is -0.466 e. The van der Waals surface area contributed by atoms with Gasteiger partial charge in [0.2, 0.25) is 0 Å². The molecule has 0 fully saturated rings. The van der Waals surface area contributed by atoms with E-state index in [9.17, 15) is 9.59 Å². The molecule has 0 aliphatic rings. The van der Waals surface area contributed by atoms with Crippen LogP contribution in [-0.2, 0) is 19.1 Å². The van der Waals surface area contributed by atoms with Crippen molar-refractivity contribution in [3.63, 3.8) is 0 Å². The molecule has 0 aromatic heterocycles. The highest BCUT2D eigenvalue weighted by Crippen LogP contribution is 2.16. The summed E-state index contributed by atoms with van der Waals surface area (Å²) in [6.45, 7) is 12.2. The van der Waals surface area contributed by atoms with Gasteiger partial charge in [-0.15, -0.1) is 0 Å². The second kappa shape index (κ2) is 53.7. The molecule has 0 N–H and O–H groups in total. The predicted molar refractivity (Wildman–Crippen MR) is 257 cm³/mol. The zero-order valence-corrected chi connectivity index (χ0v) is 40.5. The minimum absolute atomic E-state index is 0.0260. The Morgan fingerprint density at radius 3 is 1.00 bits per heavy atom. The number of carbonyl (C=O) groups excluding carboxylic acids is 2. The first-order chi connectivity index (χ1) is 28.5. The maximum absolute atomic E-state index is 11.9. The largest absolute Gasteiger partial charge is 0.466 e. The summed E-state index contributed by atoms with van der Waals surface area (Å²) in [5, 5.41) is 0. The third kappa shape index (κ3) is 56.8. The van der Waals surface area contributed by atoms with E-state index in [4.69, 9.17) is 9.47 Å². The topological polar surface area (TPSA) is 52.6 Å². The normalized spacial score (nSPS) is 11.3. The van der Waals surface area contributed by atoms with E-state index in [1.807, 2.05) is 6.92 Å². The molecule has 0 aromatic carbocycles. The van der Waals surface area contributed by atoms with Crippen molar-refractivity contribution in [3.05, 3.63) is 12.2 Å².